The number of rotatable bonds is 7. The van der Waals surface area contributed by atoms with Crippen molar-refractivity contribution in [1.82, 2.24) is 20.5 Å². The summed E-state index contributed by atoms with van der Waals surface area (Å²) in [7, 11) is 0. The molecule has 1 aliphatic rings. The number of amides is 1. The molecule has 0 aliphatic carbocycles. The Labute approximate surface area is 201 Å². The molecule has 0 unspecified atom stereocenters. The molecule has 2 heterocycles. The summed E-state index contributed by atoms with van der Waals surface area (Å²) in [5.74, 6) is 1.47. The number of aromatic nitrogens is 3. The van der Waals surface area contributed by atoms with Crippen molar-refractivity contribution in [3.63, 3.8) is 0 Å². The van der Waals surface area contributed by atoms with Crippen LogP contribution in [0.1, 0.15) is 18.5 Å². The van der Waals surface area contributed by atoms with E-state index in [0.717, 1.165) is 28.1 Å². The average molecular weight is 471 g/mol. The van der Waals surface area contributed by atoms with Crippen molar-refractivity contribution < 1.29 is 14.3 Å². The molecule has 3 aromatic carbocycles. The molecule has 1 aromatic heterocycles. The molecule has 1 amide bonds. The number of thioether (sulfide) groups is 1. The van der Waals surface area contributed by atoms with Crippen LogP contribution < -0.4 is 14.8 Å². The van der Waals surface area contributed by atoms with Crippen molar-refractivity contribution >= 4 is 17.7 Å². The quantitative estimate of drug-likeness (QED) is 0.384. The Kier molecular flexibility index (Phi) is 6.40. The van der Waals surface area contributed by atoms with Gasteiger partial charge in [0.25, 0.3) is 0 Å². The van der Waals surface area contributed by atoms with Gasteiger partial charge >= 0.3 is 0 Å². The highest BCUT2D eigenvalue weighted by Crippen LogP contribution is 2.34. The van der Waals surface area contributed by atoms with Gasteiger partial charge in [-0.2, -0.15) is 0 Å². The second-order valence-electron chi connectivity index (χ2n) is 7.71. The van der Waals surface area contributed by atoms with Gasteiger partial charge in [-0.05, 0) is 24.6 Å². The van der Waals surface area contributed by atoms with Crippen LogP contribution in [0.2, 0.25) is 0 Å². The van der Waals surface area contributed by atoms with Crippen LogP contribution in [-0.4, -0.2) is 33.6 Å². The molecule has 5 rings (SSSR count). The van der Waals surface area contributed by atoms with Crippen molar-refractivity contribution in [3.8, 4) is 34.0 Å². The fraction of sp³-hybridized carbons (Fsp3) is 0.154. The number of nitrogens with zero attached hydrogens (tertiary/aromatic N) is 3. The SMILES string of the molecule is C[C@@H](NC(=O)CSc1nnc(-c2ccccc2)c(-c2ccccc2)n1)c1ccc2c(c1)OCO2. The number of benzene rings is 3. The summed E-state index contributed by atoms with van der Waals surface area (Å²) in [6, 6.07) is 25.2. The molecule has 0 saturated carbocycles. The summed E-state index contributed by atoms with van der Waals surface area (Å²) in [6.45, 7) is 2.15. The highest BCUT2D eigenvalue weighted by molar-refractivity contribution is 7.99. The molecule has 8 heteroatoms. The van der Waals surface area contributed by atoms with Gasteiger partial charge in [-0.1, -0.05) is 78.5 Å². The van der Waals surface area contributed by atoms with E-state index in [-0.39, 0.29) is 24.5 Å². The smallest absolute Gasteiger partial charge is 0.231 e. The van der Waals surface area contributed by atoms with Gasteiger partial charge in [0.15, 0.2) is 11.5 Å². The molecular weight excluding hydrogens is 448 g/mol. The average Bonchev–Trinajstić information content (AvgIpc) is 3.36. The molecule has 0 radical (unpaired) electrons. The fourth-order valence-corrected chi connectivity index (χ4v) is 4.24. The van der Waals surface area contributed by atoms with E-state index in [4.69, 9.17) is 14.5 Å². The third-order valence-corrected chi connectivity index (χ3v) is 6.21. The monoisotopic (exact) mass is 470 g/mol. The van der Waals surface area contributed by atoms with Gasteiger partial charge in [0, 0.05) is 11.1 Å². The maximum atomic E-state index is 12.6. The van der Waals surface area contributed by atoms with Crippen LogP contribution >= 0.6 is 11.8 Å². The lowest BCUT2D eigenvalue weighted by Crippen LogP contribution is -2.28. The van der Waals surface area contributed by atoms with Crippen molar-refractivity contribution in [2.75, 3.05) is 12.5 Å². The predicted molar refractivity (Wildman–Crippen MR) is 131 cm³/mol. The minimum Gasteiger partial charge on any atom is -0.454 e. The molecule has 1 aliphatic heterocycles. The van der Waals surface area contributed by atoms with Crippen LogP contribution in [0.15, 0.2) is 84.0 Å². The summed E-state index contributed by atoms with van der Waals surface area (Å²) < 4.78 is 10.8. The number of carbonyl (C=O) groups excluding carboxylic acids is 1. The Morgan fingerprint density at radius 2 is 1.59 bits per heavy atom. The normalized spacial score (nSPS) is 12.9. The van der Waals surface area contributed by atoms with Gasteiger partial charge in [0.05, 0.1) is 11.8 Å². The molecule has 0 bridgehead atoms. The number of nitrogens with one attached hydrogen (secondary N) is 1. The van der Waals surface area contributed by atoms with Crippen molar-refractivity contribution in [2.45, 2.75) is 18.1 Å². The number of fused-ring (bicyclic) bond motifs is 1. The van der Waals surface area contributed by atoms with Crippen LogP contribution in [0, 0.1) is 0 Å². The maximum absolute atomic E-state index is 12.6. The zero-order chi connectivity index (χ0) is 23.3. The molecule has 34 heavy (non-hydrogen) atoms. The number of hydrogen-bond acceptors (Lipinski definition) is 7. The third-order valence-electron chi connectivity index (χ3n) is 5.37. The predicted octanol–water partition coefficient (Wildman–Crippen LogP) is 4.90. The molecule has 0 saturated heterocycles. The fourth-order valence-electron chi connectivity index (χ4n) is 3.64. The Bertz CT molecular complexity index is 1300. The zero-order valence-corrected chi connectivity index (χ0v) is 19.3. The third kappa shape index (κ3) is 4.87. The lowest BCUT2D eigenvalue weighted by Gasteiger charge is -2.14. The zero-order valence-electron chi connectivity index (χ0n) is 18.5. The Hall–Kier alpha value is -3.91. The van der Waals surface area contributed by atoms with Gasteiger partial charge in [0.1, 0.15) is 11.4 Å². The summed E-state index contributed by atoms with van der Waals surface area (Å²) in [6.07, 6.45) is 0. The van der Waals surface area contributed by atoms with Crippen LogP contribution in [0.25, 0.3) is 22.5 Å². The van der Waals surface area contributed by atoms with Crippen LogP contribution in [-0.2, 0) is 4.79 Å². The minimum absolute atomic E-state index is 0.118. The van der Waals surface area contributed by atoms with E-state index in [1.807, 2.05) is 85.8 Å². The maximum Gasteiger partial charge on any atom is 0.231 e. The van der Waals surface area contributed by atoms with Crippen LogP contribution in [0.5, 0.6) is 11.5 Å². The highest BCUT2D eigenvalue weighted by atomic mass is 32.2. The first-order chi connectivity index (χ1) is 16.7. The number of carbonyl (C=O) groups is 1. The molecular formula is C26H22N4O3S. The van der Waals surface area contributed by atoms with Crippen molar-refractivity contribution in [1.29, 1.82) is 0 Å². The molecule has 1 atom stereocenters. The second-order valence-corrected chi connectivity index (χ2v) is 8.66. The largest absolute Gasteiger partial charge is 0.454 e. The first kappa shape index (κ1) is 21.9. The van der Waals surface area contributed by atoms with E-state index in [0.29, 0.717) is 16.6 Å². The van der Waals surface area contributed by atoms with Crippen LogP contribution in [0.4, 0.5) is 0 Å². The summed E-state index contributed by atoms with van der Waals surface area (Å²) in [5, 5.41) is 12.2. The van der Waals surface area contributed by atoms with E-state index in [2.05, 4.69) is 15.5 Å². The Balaban J connectivity index is 1.29. The Morgan fingerprint density at radius 1 is 0.912 bits per heavy atom. The van der Waals surface area contributed by atoms with Gasteiger partial charge in [-0.3, -0.25) is 4.79 Å². The first-order valence-electron chi connectivity index (χ1n) is 10.8. The molecule has 7 nitrogen and oxygen atoms in total. The summed E-state index contributed by atoms with van der Waals surface area (Å²) in [4.78, 5) is 17.4. The topological polar surface area (TPSA) is 86.2 Å². The Morgan fingerprint density at radius 3 is 2.32 bits per heavy atom. The molecule has 0 spiro atoms. The molecule has 0 fully saturated rings. The van der Waals surface area contributed by atoms with Crippen molar-refractivity contribution in [3.05, 3.63) is 84.4 Å². The van der Waals surface area contributed by atoms with Gasteiger partial charge in [-0.25, -0.2) is 4.98 Å². The standard InChI is InChI=1S/C26H22N4O3S/c1-17(20-12-13-21-22(14-20)33-16-32-21)27-23(31)15-34-26-28-24(18-8-4-2-5-9-18)25(29-30-26)19-10-6-3-7-11-19/h2-14,17H,15-16H2,1H3,(H,27,31)/t17-/m1/s1. The van der Waals surface area contributed by atoms with E-state index < -0.39 is 0 Å². The van der Waals surface area contributed by atoms with Crippen LogP contribution in [0.3, 0.4) is 0 Å². The van der Waals surface area contributed by atoms with E-state index in [9.17, 15) is 4.79 Å². The van der Waals surface area contributed by atoms with E-state index in [1.165, 1.54) is 11.8 Å². The molecule has 4 aromatic rings. The summed E-state index contributed by atoms with van der Waals surface area (Å²) >= 11 is 1.26. The van der Waals surface area contributed by atoms with E-state index >= 15 is 0 Å². The number of hydrogen-bond donors (Lipinski definition) is 1. The molecule has 1 N–H and O–H groups in total. The minimum atomic E-state index is -0.179. The molecule has 170 valence electrons. The number of ether oxygens (including phenoxy) is 2. The van der Waals surface area contributed by atoms with Crippen molar-refractivity contribution in [2.24, 2.45) is 0 Å². The first-order valence-corrected chi connectivity index (χ1v) is 11.8. The van der Waals surface area contributed by atoms with Gasteiger partial charge in [0.2, 0.25) is 17.9 Å². The second kappa shape index (κ2) is 9.93. The highest BCUT2D eigenvalue weighted by Gasteiger charge is 2.18. The van der Waals surface area contributed by atoms with E-state index in [1.54, 1.807) is 0 Å². The summed E-state index contributed by atoms with van der Waals surface area (Å²) in [5.41, 5.74) is 4.27. The lowest BCUT2D eigenvalue weighted by molar-refractivity contribution is -0.119. The van der Waals surface area contributed by atoms with Gasteiger partial charge < -0.3 is 14.8 Å². The van der Waals surface area contributed by atoms with Gasteiger partial charge in [-0.15, -0.1) is 10.2 Å². The lowest BCUT2D eigenvalue weighted by atomic mass is 10.0.